The summed E-state index contributed by atoms with van der Waals surface area (Å²) in [4.78, 5) is 2.60. The van der Waals surface area contributed by atoms with Gasteiger partial charge in [-0.25, -0.2) is 21.5 Å². The van der Waals surface area contributed by atoms with E-state index in [-0.39, 0.29) is 29.8 Å². The van der Waals surface area contributed by atoms with Gasteiger partial charge in [0, 0.05) is 13.6 Å². The van der Waals surface area contributed by atoms with Crippen molar-refractivity contribution >= 4 is 22.4 Å². The van der Waals surface area contributed by atoms with Crippen molar-refractivity contribution in [3.63, 3.8) is 0 Å². The summed E-state index contributed by atoms with van der Waals surface area (Å²) >= 11 is 0. The van der Waals surface area contributed by atoms with E-state index in [1.807, 2.05) is 6.07 Å². The van der Waals surface area contributed by atoms with Crippen LogP contribution in [0.3, 0.4) is 0 Å². The van der Waals surface area contributed by atoms with Gasteiger partial charge in [-0.15, -0.1) is 12.4 Å². The topological polar surface area (TPSA) is 40.6 Å². The van der Waals surface area contributed by atoms with Crippen molar-refractivity contribution in [2.24, 2.45) is 0 Å². The number of nitrogens with zero attached hydrogens (tertiary/aromatic N) is 2. The second-order valence-corrected chi connectivity index (χ2v) is 11.3. The normalized spacial score (nSPS) is 16.0. The molecule has 194 valence electrons. The Hall–Kier alpha value is -2.32. The molecule has 1 aliphatic heterocycles. The fourth-order valence-electron chi connectivity index (χ4n) is 4.86. The Kier molecular flexibility index (Phi) is 10.0. The summed E-state index contributed by atoms with van der Waals surface area (Å²) in [5.74, 6) is -1.53. The molecule has 0 N–H and O–H groups in total. The highest BCUT2D eigenvalue weighted by Gasteiger charge is 2.26. The van der Waals surface area contributed by atoms with Crippen molar-refractivity contribution in [1.82, 2.24) is 9.21 Å². The summed E-state index contributed by atoms with van der Waals surface area (Å²) in [6, 6.07) is 22.7. The van der Waals surface area contributed by atoms with Gasteiger partial charge in [0.1, 0.15) is 0 Å². The minimum Gasteiger partial charge on any atom is -0.303 e. The molecule has 4 nitrogen and oxygen atoms in total. The molecule has 1 aliphatic rings. The Morgan fingerprint density at radius 2 is 1.53 bits per heavy atom. The van der Waals surface area contributed by atoms with Crippen molar-refractivity contribution < 1.29 is 17.2 Å². The van der Waals surface area contributed by atoms with Crippen LogP contribution in [0.25, 0.3) is 0 Å². The lowest BCUT2D eigenvalue weighted by Crippen LogP contribution is -2.36. The number of halogens is 3. The van der Waals surface area contributed by atoms with Gasteiger partial charge in [0.15, 0.2) is 11.6 Å². The van der Waals surface area contributed by atoms with Gasteiger partial charge in [-0.05, 0) is 86.1 Å². The summed E-state index contributed by atoms with van der Waals surface area (Å²) < 4.78 is 55.1. The number of rotatable bonds is 9. The molecule has 1 fully saturated rings. The smallest absolute Gasteiger partial charge is 0.242 e. The van der Waals surface area contributed by atoms with E-state index < -0.39 is 21.7 Å². The van der Waals surface area contributed by atoms with Crippen LogP contribution in [0.5, 0.6) is 0 Å². The van der Waals surface area contributed by atoms with E-state index in [4.69, 9.17) is 0 Å². The molecule has 1 unspecified atom stereocenters. The SMILES string of the molecule is CN(CC(CCN1CCC(c2ccccc2)CC1)c1ccc(F)c(F)c1)S(=O)(=O)c1ccccc1.Cl. The van der Waals surface area contributed by atoms with Crippen LogP contribution in [0.4, 0.5) is 8.78 Å². The van der Waals surface area contributed by atoms with Gasteiger partial charge in [0.25, 0.3) is 0 Å². The lowest BCUT2D eigenvalue weighted by atomic mass is 9.89. The predicted molar refractivity (Wildman–Crippen MR) is 142 cm³/mol. The standard InChI is InChI=1S/C28H32F2N2O2S.ClH/c1-31(35(33,34)26-10-6-3-7-11-26)21-25(24-12-13-27(29)28(30)20-24)16-19-32-17-14-23(15-18-32)22-8-4-2-5-9-22;/h2-13,20,23,25H,14-19,21H2,1H3;1H. The first kappa shape index (κ1) is 28.3. The first-order valence-electron chi connectivity index (χ1n) is 12.1. The number of sulfonamides is 1. The van der Waals surface area contributed by atoms with E-state index in [2.05, 4.69) is 29.2 Å². The highest BCUT2D eigenvalue weighted by Crippen LogP contribution is 2.30. The minimum absolute atomic E-state index is 0. The van der Waals surface area contributed by atoms with Gasteiger partial charge in [-0.1, -0.05) is 54.6 Å². The largest absolute Gasteiger partial charge is 0.303 e. The first-order chi connectivity index (χ1) is 16.8. The minimum atomic E-state index is -3.69. The zero-order valence-electron chi connectivity index (χ0n) is 20.4. The molecule has 0 aliphatic carbocycles. The molecule has 0 aromatic heterocycles. The number of hydrogen-bond acceptors (Lipinski definition) is 3. The van der Waals surface area contributed by atoms with Crippen LogP contribution >= 0.6 is 12.4 Å². The fourth-order valence-corrected chi connectivity index (χ4v) is 6.10. The highest BCUT2D eigenvalue weighted by molar-refractivity contribution is 7.89. The molecule has 4 rings (SSSR count). The van der Waals surface area contributed by atoms with Crippen LogP contribution < -0.4 is 0 Å². The maximum atomic E-state index is 14.1. The fraction of sp³-hybridized carbons (Fsp3) is 0.357. The molecule has 3 aromatic rings. The van der Waals surface area contributed by atoms with Gasteiger partial charge in [0.2, 0.25) is 10.0 Å². The molecule has 0 radical (unpaired) electrons. The van der Waals surface area contributed by atoms with E-state index in [0.29, 0.717) is 17.9 Å². The van der Waals surface area contributed by atoms with E-state index in [1.165, 1.54) is 15.9 Å². The molecular formula is C28H33ClF2N2O2S. The molecule has 36 heavy (non-hydrogen) atoms. The van der Waals surface area contributed by atoms with E-state index in [9.17, 15) is 17.2 Å². The predicted octanol–water partition coefficient (Wildman–Crippen LogP) is 6.06. The van der Waals surface area contributed by atoms with Gasteiger partial charge < -0.3 is 4.90 Å². The quantitative estimate of drug-likeness (QED) is 0.335. The molecule has 0 saturated carbocycles. The van der Waals surface area contributed by atoms with Gasteiger partial charge in [-0.3, -0.25) is 0 Å². The summed E-state index contributed by atoms with van der Waals surface area (Å²) in [5.41, 5.74) is 1.98. The number of likely N-dealkylation sites (N-methyl/N-ethyl adjacent to an activating group) is 1. The molecule has 0 spiro atoms. The molecule has 8 heteroatoms. The van der Waals surface area contributed by atoms with Gasteiger partial charge >= 0.3 is 0 Å². The zero-order valence-corrected chi connectivity index (χ0v) is 22.0. The molecule has 1 saturated heterocycles. The summed E-state index contributed by atoms with van der Waals surface area (Å²) in [6.45, 7) is 2.87. The van der Waals surface area contributed by atoms with Crippen molar-refractivity contribution in [3.05, 3.63) is 102 Å². The zero-order chi connectivity index (χ0) is 24.8. The lowest BCUT2D eigenvalue weighted by Gasteiger charge is -2.33. The van der Waals surface area contributed by atoms with Crippen LogP contribution in [0.2, 0.25) is 0 Å². The van der Waals surface area contributed by atoms with E-state index in [1.54, 1.807) is 43.4 Å². The molecule has 1 heterocycles. The summed E-state index contributed by atoms with van der Waals surface area (Å²) in [6.07, 6.45) is 2.79. The average Bonchev–Trinajstić information content (AvgIpc) is 2.89. The Morgan fingerprint density at radius 3 is 2.14 bits per heavy atom. The van der Waals surface area contributed by atoms with Crippen LogP contribution in [-0.4, -0.2) is 50.8 Å². The second-order valence-electron chi connectivity index (χ2n) is 9.28. The summed E-state index contributed by atoms with van der Waals surface area (Å²) in [5, 5.41) is 0. The van der Waals surface area contributed by atoms with Crippen molar-refractivity contribution in [2.45, 2.75) is 36.0 Å². The molecule has 1 atom stereocenters. The van der Waals surface area contributed by atoms with Crippen LogP contribution in [0.15, 0.2) is 83.8 Å². The maximum Gasteiger partial charge on any atom is 0.242 e. The van der Waals surface area contributed by atoms with Crippen LogP contribution in [0.1, 0.15) is 42.2 Å². The Balaban J connectivity index is 0.00000361. The molecular weight excluding hydrogens is 502 g/mol. The lowest BCUT2D eigenvalue weighted by molar-refractivity contribution is 0.203. The highest BCUT2D eigenvalue weighted by atomic mass is 35.5. The number of benzene rings is 3. The maximum absolute atomic E-state index is 14.1. The number of piperidine rings is 1. The van der Waals surface area contributed by atoms with Gasteiger partial charge in [-0.2, -0.15) is 0 Å². The van der Waals surface area contributed by atoms with E-state index >= 15 is 0 Å². The van der Waals surface area contributed by atoms with Crippen molar-refractivity contribution in [2.75, 3.05) is 33.2 Å². The number of likely N-dealkylation sites (tertiary alicyclic amines) is 1. The number of hydrogen-bond donors (Lipinski definition) is 0. The third-order valence-electron chi connectivity index (χ3n) is 7.00. The van der Waals surface area contributed by atoms with E-state index in [0.717, 1.165) is 38.5 Å². The Labute approximate surface area is 219 Å². The Bertz CT molecular complexity index is 1200. The van der Waals surface area contributed by atoms with Crippen molar-refractivity contribution in [3.8, 4) is 0 Å². The first-order valence-corrected chi connectivity index (χ1v) is 13.5. The van der Waals surface area contributed by atoms with Gasteiger partial charge in [0.05, 0.1) is 4.90 Å². The molecule has 0 amide bonds. The van der Waals surface area contributed by atoms with Crippen LogP contribution in [0, 0.1) is 11.6 Å². The third-order valence-corrected chi connectivity index (χ3v) is 8.83. The average molecular weight is 535 g/mol. The summed E-state index contributed by atoms with van der Waals surface area (Å²) in [7, 11) is -2.15. The monoisotopic (exact) mass is 534 g/mol. The second kappa shape index (κ2) is 12.8. The van der Waals surface area contributed by atoms with Crippen molar-refractivity contribution in [1.29, 1.82) is 0 Å². The Morgan fingerprint density at radius 1 is 0.917 bits per heavy atom. The third kappa shape index (κ3) is 6.91. The van der Waals surface area contributed by atoms with Crippen LogP contribution in [-0.2, 0) is 10.0 Å². The molecule has 3 aromatic carbocycles. The molecule has 0 bridgehead atoms.